The molecule has 0 aliphatic heterocycles. The number of benzene rings is 1. The van der Waals surface area contributed by atoms with Gasteiger partial charge in [-0.05, 0) is 0 Å². The Morgan fingerprint density at radius 2 is 1.58 bits per heavy atom. The topological polar surface area (TPSA) is 50.1 Å². The molecular formula is C15H15N2O2+. The number of pyridine rings is 1. The van der Waals surface area contributed by atoms with Gasteiger partial charge in [0, 0.05) is 24.6 Å². The SMILES string of the molecule is CC(=O)NC(C(=O)c1ccccc1)[n+]1ccccc1. The Morgan fingerprint density at radius 1 is 1.00 bits per heavy atom. The number of nitrogens with one attached hydrogen (secondary N) is 1. The van der Waals surface area contributed by atoms with E-state index in [1.54, 1.807) is 41.2 Å². The molecule has 0 radical (unpaired) electrons. The van der Waals surface area contributed by atoms with Crippen LogP contribution in [0.1, 0.15) is 23.4 Å². The van der Waals surface area contributed by atoms with E-state index in [4.69, 9.17) is 0 Å². The molecule has 0 saturated heterocycles. The van der Waals surface area contributed by atoms with Gasteiger partial charge in [0.2, 0.25) is 5.91 Å². The number of carbonyl (C=O) groups is 2. The van der Waals surface area contributed by atoms with Crippen LogP contribution in [0.25, 0.3) is 0 Å². The van der Waals surface area contributed by atoms with Gasteiger partial charge >= 0.3 is 0 Å². The number of Topliss-reactive ketones (excluding diaryl/α,β-unsaturated/α-hetero) is 1. The molecule has 0 aliphatic rings. The van der Waals surface area contributed by atoms with Gasteiger partial charge in [0.15, 0.2) is 12.4 Å². The van der Waals surface area contributed by atoms with E-state index in [2.05, 4.69) is 5.32 Å². The van der Waals surface area contributed by atoms with Gasteiger partial charge in [-0.3, -0.25) is 14.9 Å². The first-order valence-electron chi connectivity index (χ1n) is 6.00. The zero-order valence-corrected chi connectivity index (χ0v) is 10.6. The van der Waals surface area contributed by atoms with Crippen molar-refractivity contribution in [2.75, 3.05) is 0 Å². The van der Waals surface area contributed by atoms with Crippen molar-refractivity contribution in [2.45, 2.75) is 13.1 Å². The average molecular weight is 255 g/mol. The highest BCUT2D eigenvalue weighted by molar-refractivity contribution is 5.99. The average Bonchev–Trinajstić information content (AvgIpc) is 2.46. The van der Waals surface area contributed by atoms with Crippen LogP contribution in [-0.2, 0) is 4.79 Å². The Kier molecular flexibility index (Phi) is 4.03. The summed E-state index contributed by atoms with van der Waals surface area (Å²) in [5.74, 6) is -0.391. The number of hydrogen-bond donors (Lipinski definition) is 1. The molecule has 1 atom stereocenters. The summed E-state index contributed by atoms with van der Waals surface area (Å²) in [5, 5.41) is 2.67. The Balaban J connectivity index is 2.33. The van der Waals surface area contributed by atoms with E-state index in [0.717, 1.165) is 0 Å². The highest BCUT2D eigenvalue weighted by Crippen LogP contribution is 2.07. The van der Waals surface area contributed by atoms with Crippen molar-refractivity contribution in [3.63, 3.8) is 0 Å². The van der Waals surface area contributed by atoms with Crippen molar-refractivity contribution in [3.8, 4) is 0 Å². The zero-order valence-electron chi connectivity index (χ0n) is 10.6. The molecule has 1 aromatic carbocycles. The summed E-state index contributed by atoms with van der Waals surface area (Å²) >= 11 is 0. The summed E-state index contributed by atoms with van der Waals surface area (Å²) in [6.45, 7) is 1.40. The zero-order chi connectivity index (χ0) is 13.7. The van der Waals surface area contributed by atoms with Crippen LogP contribution in [0.4, 0.5) is 0 Å². The second-order valence-electron chi connectivity index (χ2n) is 4.16. The lowest BCUT2D eigenvalue weighted by atomic mass is 10.1. The third-order valence-electron chi connectivity index (χ3n) is 2.68. The predicted octanol–water partition coefficient (Wildman–Crippen LogP) is 1.49. The lowest BCUT2D eigenvalue weighted by molar-refractivity contribution is -0.711. The molecule has 4 nitrogen and oxygen atoms in total. The van der Waals surface area contributed by atoms with Crippen LogP contribution in [0.5, 0.6) is 0 Å². The van der Waals surface area contributed by atoms with Crippen molar-refractivity contribution >= 4 is 11.7 Å². The number of ketones is 1. The maximum Gasteiger partial charge on any atom is 0.297 e. The summed E-state index contributed by atoms with van der Waals surface area (Å²) < 4.78 is 1.68. The molecule has 1 heterocycles. The van der Waals surface area contributed by atoms with E-state index >= 15 is 0 Å². The first kappa shape index (κ1) is 13.0. The molecule has 1 aromatic heterocycles. The molecule has 96 valence electrons. The first-order chi connectivity index (χ1) is 9.18. The lowest BCUT2D eigenvalue weighted by Crippen LogP contribution is -2.52. The molecule has 1 unspecified atom stereocenters. The fourth-order valence-corrected chi connectivity index (χ4v) is 1.81. The summed E-state index contributed by atoms with van der Waals surface area (Å²) in [5.41, 5.74) is 0.567. The van der Waals surface area contributed by atoms with Crippen LogP contribution in [0.15, 0.2) is 60.9 Å². The maximum absolute atomic E-state index is 12.4. The quantitative estimate of drug-likeness (QED) is 0.664. The van der Waals surface area contributed by atoms with Gasteiger partial charge in [-0.1, -0.05) is 36.4 Å². The molecule has 0 fully saturated rings. The summed E-state index contributed by atoms with van der Waals surface area (Å²) in [6.07, 6.45) is 2.78. The first-order valence-corrected chi connectivity index (χ1v) is 6.00. The Morgan fingerprint density at radius 3 is 2.16 bits per heavy atom. The van der Waals surface area contributed by atoms with Crippen molar-refractivity contribution in [1.82, 2.24) is 5.32 Å². The molecule has 1 N–H and O–H groups in total. The van der Waals surface area contributed by atoms with E-state index < -0.39 is 6.17 Å². The Labute approximate surface area is 111 Å². The van der Waals surface area contributed by atoms with Gasteiger partial charge in [-0.25, -0.2) is 0 Å². The third kappa shape index (κ3) is 3.25. The van der Waals surface area contributed by atoms with Gasteiger partial charge in [0.05, 0.1) is 0 Å². The number of carbonyl (C=O) groups excluding carboxylic acids is 2. The van der Waals surface area contributed by atoms with E-state index in [-0.39, 0.29) is 11.7 Å². The molecule has 19 heavy (non-hydrogen) atoms. The fourth-order valence-electron chi connectivity index (χ4n) is 1.81. The number of nitrogens with zero attached hydrogens (tertiary/aromatic N) is 1. The van der Waals surface area contributed by atoms with Crippen LogP contribution in [0.2, 0.25) is 0 Å². The Hall–Kier alpha value is -2.49. The minimum atomic E-state index is -0.721. The summed E-state index contributed by atoms with van der Waals surface area (Å²) in [7, 11) is 0. The van der Waals surface area contributed by atoms with Crippen LogP contribution in [-0.4, -0.2) is 11.7 Å². The van der Waals surface area contributed by atoms with Crippen molar-refractivity contribution in [1.29, 1.82) is 0 Å². The second-order valence-corrected chi connectivity index (χ2v) is 4.16. The van der Waals surface area contributed by atoms with Crippen LogP contribution in [0.3, 0.4) is 0 Å². The molecule has 2 rings (SSSR count). The van der Waals surface area contributed by atoms with Gasteiger partial charge in [-0.15, -0.1) is 0 Å². The van der Waals surface area contributed by atoms with Crippen LogP contribution in [0, 0.1) is 0 Å². The molecule has 1 amide bonds. The van der Waals surface area contributed by atoms with Gasteiger partial charge in [-0.2, -0.15) is 4.57 Å². The van der Waals surface area contributed by atoms with E-state index in [1.807, 2.05) is 24.3 Å². The second kappa shape index (κ2) is 5.91. The van der Waals surface area contributed by atoms with Crippen molar-refractivity contribution in [3.05, 3.63) is 66.5 Å². The predicted molar refractivity (Wildman–Crippen MR) is 70.3 cm³/mol. The smallest absolute Gasteiger partial charge is 0.292 e. The highest BCUT2D eigenvalue weighted by atomic mass is 16.2. The fraction of sp³-hybridized carbons (Fsp3) is 0.133. The molecule has 0 bridgehead atoms. The van der Waals surface area contributed by atoms with Gasteiger partial charge in [0.1, 0.15) is 0 Å². The largest absolute Gasteiger partial charge is 0.297 e. The number of hydrogen-bond acceptors (Lipinski definition) is 2. The van der Waals surface area contributed by atoms with Crippen LogP contribution >= 0.6 is 0 Å². The standard InChI is InChI=1S/C15H14N2O2/c1-12(18)16-15(17-10-6-3-7-11-17)14(19)13-8-4-2-5-9-13/h2-11,15H,1H3/p+1. The molecule has 0 saturated carbocycles. The van der Waals surface area contributed by atoms with E-state index in [9.17, 15) is 9.59 Å². The molecule has 4 heteroatoms. The highest BCUT2D eigenvalue weighted by Gasteiger charge is 2.28. The summed E-state index contributed by atoms with van der Waals surface area (Å²) in [6, 6.07) is 14.4. The number of amides is 1. The van der Waals surface area contributed by atoms with E-state index in [0.29, 0.717) is 5.56 Å². The third-order valence-corrected chi connectivity index (χ3v) is 2.68. The maximum atomic E-state index is 12.4. The monoisotopic (exact) mass is 255 g/mol. The number of rotatable bonds is 4. The van der Waals surface area contributed by atoms with Gasteiger partial charge in [0.25, 0.3) is 11.9 Å². The molecular weight excluding hydrogens is 240 g/mol. The summed E-state index contributed by atoms with van der Waals surface area (Å²) in [4.78, 5) is 23.7. The van der Waals surface area contributed by atoms with E-state index in [1.165, 1.54) is 6.92 Å². The minimum Gasteiger partial charge on any atom is -0.292 e. The van der Waals surface area contributed by atoms with Crippen molar-refractivity contribution < 1.29 is 14.2 Å². The van der Waals surface area contributed by atoms with Crippen molar-refractivity contribution in [2.24, 2.45) is 0 Å². The Bertz CT molecular complexity index is 567. The molecule has 0 spiro atoms. The lowest BCUT2D eigenvalue weighted by Gasteiger charge is -2.11. The number of aromatic nitrogens is 1. The van der Waals surface area contributed by atoms with Gasteiger partial charge < -0.3 is 0 Å². The molecule has 0 aliphatic carbocycles. The normalized spacial score (nSPS) is 11.6. The molecule has 2 aromatic rings. The minimum absolute atomic E-state index is 0.146. The van der Waals surface area contributed by atoms with Crippen LogP contribution < -0.4 is 9.88 Å².